The maximum Gasteiger partial charge on any atom is 0.336 e. The summed E-state index contributed by atoms with van der Waals surface area (Å²) in [6, 6.07) is 18.0. The molecule has 0 spiro atoms. The fourth-order valence-electron chi connectivity index (χ4n) is 5.92. The highest BCUT2D eigenvalue weighted by Crippen LogP contribution is 2.46. The van der Waals surface area contributed by atoms with Gasteiger partial charge in [-0.15, -0.1) is 0 Å². The van der Waals surface area contributed by atoms with Crippen LogP contribution in [0.25, 0.3) is 0 Å². The first kappa shape index (κ1) is 23.5. The predicted octanol–water partition coefficient (Wildman–Crippen LogP) is 6.15. The van der Waals surface area contributed by atoms with Gasteiger partial charge in [0.25, 0.3) is 0 Å². The second-order valence-corrected chi connectivity index (χ2v) is 9.85. The lowest BCUT2D eigenvalue weighted by Gasteiger charge is -2.38. The molecule has 2 fully saturated rings. The number of rotatable bonds is 6. The van der Waals surface area contributed by atoms with Crippen LogP contribution in [0.2, 0.25) is 0 Å². The van der Waals surface area contributed by atoms with Crippen LogP contribution < -0.4 is 4.74 Å². The minimum absolute atomic E-state index is 0.0429. The van der Waals surface area contributed by atoms with Crippen LogP contribution >= 0.6 is 0 Å². The molecular formula is C30H33NO4. The van der Waals surface area contributed by atoms with E-state index < -0.39 is 11.8 Å². The summed E-state index contributed by atoms with van der Waals surface area (Å²) in [5.41, 5.74) is 4.16. The van der Waals surface area contributed by atoms with E-state index in [1.54, 1.807) is 0 Å². The van der Waals surface area contributed by atoms with E-state index in [2.05, 4.69) is 12.1 Å². The molecule has 0 saturated heterocycles. The molecule has 3 atom stereocenters. The molecule has 5 heteroatoms. The van der Waals surface area contributed by atoms with Gasteiger partial charge in [-0.1, -0.05) is 42.5 Å². The third-order valence-electron chi connectivity index (χ3n) is 7.57. The van der Waals surface area contributed by atoms with E-state index in [1.807, 2.05) is 56.3 Å². The zero-order valence-corrected chi connectivity index (χ0v) is 20.5. The van der Waals surface area contributed by atoms with Gasteiger partial charge in [0.1, 0.15) is 17.6 Å². The van der Waals surface area contributed by atoms with E-state index in [-0.39, 0.29) is 23.8 Å². The van der Waals surface area contributed by atoms with Crippen molar-refractivity contribution in [2.24, 2.45) is 10.9 Å². The van der Waals surface area contributed by atoms with Gasteiger partial charge in [-0.05, 0) is 75.1 Å². The molecule has 2 aromatic carbocycles. The number of aliphatic imine (C=N–C) groups is 1. The number of benzene rings is 2. The largest absolute Gasteiger partial charge is 0.494 e. The molecule has 0 aromatic heterocycles. The van der Waals surface area contributed by atoms with Crippen LogP contribution in [0.4, 0.5) is 0 Å². The molecule has 3 aliphatic rings. The number of ether oxygens (including phenoxy) is 2. The van der Waals surface area contributed by atoms with Gasteiger partial charge in [0, 0.05) is 23.7 Å². The van der Waals surface area contributed by atoms with Crippen molar-refractivity contribution in [1.82, 2.24) is 0 Å². The number of allylic oxidation sites excluding steroid dienone is 1. The first-order valence-electron chi connectivity index (χ1n) is 12.8. The molecule has 2 saturated carbocycles. The van der Waals surface area contributed by atoms with Crippen molar-refractivity contribution in [2.75, 3.05) is 6.61 Å². The Labute approximate surface area is 207 Å². The molecule has 5 nitrogen and oxygen atoms in total. The van der Waals surface area contributed by atoms with E-state index >= 15 is 0 Å². The van der Waals surface area contributed by atoms with Crippen LogP contribution in [0.15, 0.2) is 70.9 Å². The van der Waals surface area contributed by atoms with Gasteiger partial charge in [-0.2, -0.15) is 0 Å². The van der Waals surface area contributed by atoms with Gasteiger partial charge in [0.05, 0.1) is 18.1 Å². The van der Waals surface area contributed by atoms with Gasteiger partial charge >= 0.3 is 5.97 Å². The summed E-state index contributed by atoms with van der Waals surface area (Å²) in [5.74, 6) is -0.134. The van der Waals surface area contributed by atoms with Gasteiger partial charge in [-0.3, -0.25) is 9.79 Å². The topological polar surface area (TPSA) is 65.0 Å². The maximum absolute atomic E-state index is 13.7. The van der Waals surface area contributed by atoms with Gasteiger partial charge < -0.3 is 9.47 Å². The molecule has 35 heavy (non-hydrogen) atoms. The maximum atomic E-state index is 13.7. The smallest absolute Gasteiger partial charge is 0.336 e. The van der Waals surface area contributed by atoms with Crippen LogP contribution in [0.1, 0.15) is 75.3 Å². The van der Waals surface area contributed by atoms with Crippen LogP contribution in [-0.2, 0) is 14.3 Å². The van der Waals surface area contributed by atoms with E-state index in [0.717, 1.165) is 54.7 Å². The van der Waals surface area contributed by atoms with Crippen molar-refractivity contribution >= 4 is 17.5 Å². The first-order valence-corrected chi connectivity index (χ1v) is 12.8. The summed E-state index contributed by atoms with van der Waals surface area (Å²) >= 11 is 0. The Morgan fingerprint density at radius 3 is 2.34 bits per heavy atom. The highest BCUT2D eigenvalue weighted by atomic mass is 16.5. The Kier molecular flexibility index (Phi) is 6.85. The molecule has 5 rings (SSSR count). The number of carbonyl (C=O) groups is 2. The zero-order chi connectivity index (χ0) is 24.4. The van der Waals surface area contributed by atoms with Gasteiger partial charge in [0.2, 0.25) is 0 Å². The summed E-state index contributed by atoms with van der Waals surface area (Å²) in [6.45, 7) is 4.41. The van der Waals surface area contributed by atoms with Crippen LogP contribution in [0.5, 0.6) is 5.75 Å². The highest BCUT2D eigenvalue weighted by molar-refractivity contribution is 6.12. The quantitative estimate of drug-likeness (QED) is 0.474. The first-order chi connectivity index (χ1) is 17.0. The average Bonchev–Trinajstić information content (AvgIpc) is 3.37. The summed E-state index contributed by atoms with van der Waals surface area (Å²) in [6.07, 6.45) is 5.11. The lowest BCUT2D eigenvalue weighted by atomic mass is 9.66. The zero-order valence-electron chi connectivity index (χ0n) is 20.5. The van der Waals surface area contributed by atoms with Crippen LogP contribution in [0.3, 0.4) is 0 Å². The number of nitrogens with zero attached hydrogens (tertiary/aromatic N) is 1. The molecule has 1 aliphatic heterocycles. The Morgan fingerprint density at radius 1 is 0.943 bits per heavy atom. The van der Waals surface area contributed by atoms with Crippen molar-refractivity contribution in [3.63, 3.8) is 0 Å². The number of hydrogen-bond acceptors (Lipinski definition) is 5. The number of Topliss-reactive ketones (excluding diaryl/α,β-unsaturated/α-hetero) is 1. The van der Waals surface area contributed by atoms with E-state index in [4.69, 9.17) is 14.5 Å². The van der Waals surface area contributed by atoms with Gasteiger partial charge in [0.15, 0.2) is 0 Å². The standard InChI is InChI=1S/C30H33NO4/c1-3-34-23-15-13-21(14-16-23)28-27(30(33)35-24-11-7-8-12-24)19(2)31-25-17-22(18-26(32)29(25)28)20-9-5-4-6-10-20/h4-6,9-10,13-16,22,24,28-29H,3,7-8,11-12,17-18H2,1-2H3/t22-,28-,29?/m0/s1. The van der Waals surface area contributed by atoms with Crippen molar-refractivity contribution in [3.8, 4) is 5.75 Å². The Hall–Kier alpha value is -3.21. The highest BCUT2D eigenvalue weighted by Gasteiger charge is 2.46. The molecule has 1 heterocycles. The number of carbonyl (C=O) groups excluding carboxylic acids is 2. The minimum Gasteiger partial charge on any atom is -0.494 e. The number of hydrogen-bond donors (Lipinski definition) is 0. The lowest BCUT2D eigenvalue weighted by molar-refractivity contribution is -0.144. The summed E-state index contributed by atoms with van der Waals surface area (Å²) in [4.78, 5) is 32.1. The number of fused-ring (bicyclic) bond motifs is 1. The summed E-state index contributed by atoms with van der Waals surface area (Å²) in [5, 5.41) is 0. The molecule has 0 amide bonds. The molecule has 182 valence electrons. The fraction of sp³-hybridized carbons (Fsp3) is 0.433. The SMILES string of the molecule is CCOc1ccc([C@H]2C(C(=O)OC3CCCC3)=C(C)N=C3C[C@H](c4ccccc4)CC(=O)C32)cc1. The molecule has 2 aromatic rings. The average molecular weight is 472 g/mol. The monoisotopic (exact) mass is 471 g/mol. The second-order valence-electron chi connectivity index (χ2n) is 9.85. The molecule has 0 N–H and O–H groups in total. The Bertz CT molecular complexity index is 1140. The van der Waals surface area contributed by atoms with E-state index in [0.29, 0.717) is 24.3 Å². The molecular weight excluding hydrogens is 438 g/mol. The molecule has 0 bridgehead atoms. The van der Waals surface area contributed by atoms with Crippen molar-refractivity contribution in [1.29, 1.82) is 0 Å². The van der Waals surface area contributed by atoms with Crippen LogP contribution in [0, 0.1) is 5.92 Å². The number of ketones is 1. The second kappa shape index (κ2) is 10.2. The van der Waals surface area contributed by atoms with Crippen molar-refractivity contribution < 1.29 is 19.1 Å². The van der Waals surface area contributed by atoms with Crippen molar-refractivity contribution in [2.45, 2.75) is 70.3 Å². The minimum atomic E-state index is -0.442. The van der Waals surface area contributed by atoms with E-state index in [1.165, 1.54) is 0 Å². The normalized spacial score (nSPS) is 24.7. The molecule has 0 radical (unpaired) electrons. The molecule has 2 aliphatic carbocycles. The Balaban J connectivity index is 1.53. The summed E-state index contributed by atoms with van der Waals surface area (Å²) in [7, 11) is 0. The number of esters is 1. The van der Waals surface area contributed by atoms with E-state index in [9.17, 15) is 9.59 Å². The lowest BCUT2D eigenvalue weighted by Crippen LogP contribution is -2.41. The molecule has 1 unspecified atom stereocenters. The third-order valence-corrected chi connectivity index (χ3v) is 7.57. The predicted molar refractivity (Wildman–Crippen MR) is 136 cm³/mol. The van der Waals surface area contributed by atoms with Crippen molar-refractivity contribution in [3.05, 3.63) is 77.0 Å². The Morgan fingerprint density at radius 2 is 1.66 bits per heavy atom. The summed E-state index contributed by atoms with van der Waals surface area (Å²) < 4.78 is 11.6. The third kappa shape index (κ3) is 4.82. The van der Waals surface area contributed by atoms with Crippen LogP contribution in [-0.4, -0.2) is 30.2 Å². The van der Waals surface area contributed by atoms with Gasteiger partial charge in [-0.25, -0.2) is 4.79 Å². The fourth-order valence-corrected chi connectivity index (χ4v) is 5.92.